The lowest BCUT2D eigenvalue weighted by molar-refractivity contribution is -0.114. The van der Waals surface area contributed by atoms with Crippen LogP contribution in [0.15, 0.2) is 54.6 Å². The lowest BCUT2D eigenvalue weighted by atomic mass is 10.3. The fraction of sp³-hybridized carbons (Fsp3) is 0.0625. The number of rotatable bonds is 3. The van der Waals surface area contributed by atoms with Crippen LogP contribution in [0.5, 0.6) is 0 Å². The number of benzene rings is 2. The number of amides is 1. The van der Waals surface area contributed by atoms with Gasteiger partial charge in [-0.05, 0) is 54.8 Å². The lowest BCUT2D eigenvalue weighted by Gasteiger charge is -2.05. The summed E-state index contributed by atoms with van der Waals surface area (Å²) in [5, 5.41) is 22.5. The summed E-state index contributed by atoms with van der Waals surface area (Å²) < 4.78 is 3.94. The molecule has 10 nitrogen and oxygen atoms in total. The molecule has 2 heterocycles. The van der Waals surface area contributed by atoms with E-state index < -0.39 is 0 Å². The van der Waals surface area contributed by atoms with Crippen molar-refractivity contribution in [3.05, 3.63) is 64.1 Å². The average molecular weight is 413 g/mol. The number of nitrogens with one attached hydrogen (secondary N) is 3. The third-order valence-electron chi connectivity index (χ3n) is 3.38. The fourth-order valence-electron chi connectivity index (χ4n) is 2.23. The molecule has 2 aromatic carbocycles. The Kier molecular flexibility index (Phi) is 6.14. The third kappa shape index (κ3) is 4.81. The van der Waals surface area contributed by atoms with Crippen molar-refractivity contribution in [3.8, 4) is 11.4 Å². The van der Waals surface area contributed by atoms with Crippen LogP contribution >= 0.6 is 24.4 Å². The van der Waals surface area contributed by atoms with Crippen LogP contribution in [0.3, 0.4) is 0 Å². The Hall–Kier alpha value is -3.51. The van der Waals surface area contributed by atoms with Crippen molar-refractivity contribution < 1.29 is 4.79 Å². The first-order valence-corrected chi connectivity index (χ1v) is 8.80. The predicted molar refractivity (Wildman–Crippen MR) is 107 cm³/mol. The van der Waals surface area contributed by atoms with E-state index in [2.05, 4.69) is 36.4 Å². The highest BCUT2D eigenvalue weighted by Crippen LogP contribution is 2.13. The number of hydrogen-bond donors (Lipinski definition) is 3. The molecular weight excluding hydrogens is 398 g/mol. The van der Waals surface area contributed by atoms with Gasteiger partial charge in [-0.25, -0.2) is 9.36 Å². The second-order valence-corrected chi connectivity index (χ2v) is 6.13. The Morgan fingerprint density at radius 2 is 1.46 bits per heavy atom. The minimum absolute atomic E-state index is 0.122. The number of carbonyl (C=O) groups excluding carboxylic acids is 1. The summed E-state index contributed by atoms with van der Waals surface area (Å²) in [5.74, 6) is -0.122. The zero-order valence-electron chi connectivity index (χ0n) is 14.6. The maximum atomic E-state index is 10.9. The summed E-state index contributed by atoms with van der Waals surface area (Å²) in [6.07, 6.45) is 0. The summed E-state index contributed by atoms with van der Waals surface area (Å²) in [4.78, 5) is 10.9. The van der Waals surface area contributed by atoms with E-state index in [1.165, 1.54) is 6.92 Å². The number of tetrazole rings is 2. The largest absolute Gasteiger partial charge is 0.326 e. The number of aromatic amines is 2. The Labute approximate surface area is 169 Å². The molecule has 0 saturated carbocycles. The van der Waals surface area contributed by atoms with Gasteiger partial charge in [0.05, 0.1) is 11.4 Å². The molecule has 0 aliphatic heterocycles. The molecule has 0 unspecified atom stereocenters. The van der Waals surface area contributed by atoms with Crippen LogP contribution in [0.25, 0.3) is 11.4 Å². The molecule has 2 aromatic heterocycles. The number of nitrogens with zero attached hydrogens (tertiary/aromatic N) is 6. The second-order valence-electron chi connectivity index (χ2n) is 5.40. The molecule has 142 valence electrons. The van der Waals surface area contributed by atoms with E-state index in [9.17, 15) is 4.79 Å². The molecule has 12 heteroatoms. The van der Waals surface area contributed by atoms with E-state index in [0.29, 0.717) is 15.2 Å². The zero-order chi connectivity index (χ0) is 19.9. The highest BCUT2D eigenvalue weighted by atomic mass is 32.1. The number of carbonyl (C=O) groups is 1. The monoisotopic (exact) mass is 413 g/mol. The smallest absolute Gasteiger partial charge is 0.242 e. The van der Waals surface area contributed by atoms with Gasteiger partial charge in [-0.2, -0.15) is 10.4 Å². The van der Waals surface area contributed by atoms with Gasteiger partial charge in [0.15, 0.2) is 0 Å². The van der Waals surface area contributed by atoms with Gasteiger partial charge in [0.2, 0.25) is 15.4 Å². The van der Waals surface area contributed by atoms with Crippen molar-refractivity contribution in [2.24, 2.45) is 0 Å². The van der Waals surface area contributed by atoms with Crippen LogP contribution in [0, 0.1) is 9.54 Å². The molecule has 1 amide bonds. The number of hydrogen-bond acceptors (Lipinski definition) is 7. The van der Waals surface area contributed by atoms with Crippen LogP contribution in [0.2, 0.25) is 0 Å². The minimum Gasteiger partial charge on any atom is -0.326 e. The van der Waals surface area contributed by atoms with Gasteiger partial charge in [-0.15, -0.1) is 0 Å². The van der Waals surface area contributed by atoms with Crippen molar-refractivity contribution in [2.45, 2.75) is 6.92 Å². The summed E-state index contributed by atoms with van der Waals surface area (Å²) in [7, 11) is 0. The van der Waals surface area contributed by atoms with E-state index in [4.69, 9.17) is 24.4 Å². The van der Waals surface area contributed by atoms with Crippen molar-refractivity contribution in [1.82, 2.24) is 40.4 Å². The molecule has 4 rings (SSSR count). The van der Waals surface area contributed by atoms with Gasteiger partial charge >= 0.3 is 0 Å². The normalized spacial score (nSPS) is 10.0. The highest BCUT2D eigenvalue weighted by molar-refractivity contribution is 7.71. The van der Waals surface area contributed by atoms with Crippen LogP contribution in [-0.4, -0.2) is 46.3 Å². The first-order valence-electron chi connectivity index (χ1n) is 7.98. The first kappa shape index (κ1) is 19.3. The highest BCUT2D eigenvalue weighted by Gasteiger charge is 2.01. The summed E-state index contributed by atoms with van der Waals surface area (Å²) in [6.45, 7) is 1.45. The molecule has 4 aromatic rings. The van der Waals surface area contributed by atoms with Gasteiger partial charge in [0.1, 0.15) is 0 Å². The maximum Gasteiger partial charge on any atom is 0.242 e. The van der Waals surface area contributed by atoms with Gasteiger partial charge in [0.25, 0.3) is 0 Å². The topological polar surface area (TPSA) is 122 Å². The Bertz CT molecular complexity index is 1180. The quantitative estimate of drug-likeness (QED) is 0.441. The molecule has 0 aliphatic carbocycles. The predicted octanol–water partition coefficient (Wildman–Crippen LogP) is 2.61. The van der Waals surface area contributed by atoms with Gasteiger partial charge in [-0.1, -0.05) is 44.9 Å². The van der Waals surface area contributed by atoms with E-state index in [1.807, 2.05) is 42.5 Å². The van der Waals surface area contributed by atoms with Crippen LogP contribution < -0.4 is 5.32 Å². The average Bonchev–Trinajstić information content (AvgIpc) is 3.31. The molecule has 0 fully saturated rings. The van der Waals surface area contributed by atoms with Gasteiger partial charge in [-0.3, -0.25) is 4.79 Å². The SMILES string of the molecule is CC(=O)Nc1cccc(-n2[nH]nnc2=S)c1.S=c1nn[nH]n1-c1ccccc1. The second kappa shape index (κ2) is 8.92. The summed E-state index contributed by atoms with van der Waals surface area (Å²) >= 11 is 9.89. The zero-order valence-corrected chi connectivity index (χ0v) is 16.2. The van der Waals surface area contributed by atoms with E-state index in [1.54, 1.807) is 21.5 Å². The number of para-hydroxylation sites is 1. The molecule has 0 saturated heterocycles. The maximum absolute atomic E-state index is 10.9. The minimum atomic E-state index is -0.122. The summed E-state index contributed by atoms with van der Waals surface area (Å²) in [6, 6.07) is 16.9. The Morgan fingerprint density at radius 3 is 2.00 bits per heavy atom. The molecule has 0 spiro atoms. The van der Waals surface area contributed by atoms with Crippen molar-refractivity contribution in [1.29, 1.82) is 0 Å². The molecule has 28 heavy (non-hydrogen) atoms. The Balaban J connectivity index is 0.000000167. The number of H-pyrrole nitrogens is 2. The van der Waals surface area contributed by atoms with E-state index >= 15 is 0 Å². The summed E-state index contributed by atoms with van der Waals surface area (Å²) in [5.41, 5.74) is 2.40. The molecule has 0 aliphatic rings. The van der Waals surface area contributed by atoms with Crippen LogP contribution in [0.1, 0.15) is 6.92 Å². The number of anilines is 1. The Morgan fingerprint density at radius 1 is 0.893 bits per heavy atom. The molecule has 0 bridgehead atoms. The van der Waals surface area contributed by atoms with E-state index in [-0.39, 0.29) is 5.91 Å². The van der Waals surface area contributed by atoms with Crippen molar-refractivity contribution >= 4 is 36.0 Å². The molecule has 3 N–H and O–H groups in total. The van der Waals surface area contributed by atoms with Gasteiger partial charge in [0, 0.05) is 12.6 Å². The van der Waals surface area contributed by atoms with Gasteiger partial charge < -0.3 is 5.32 Å². The molecule has 0 atom stereocenters. The third-order valence-corrected chi connectivity index (χ3v) is 3.91. The van der Waals surface area contributed by atoms with E-state index in [0.717, 1.165) is 11.4 Å². The van der Waals surface area contributed by atoms with Crippen molar-refractivity contribution in [3.63, 3.8) is 0 Å². The number of aromatic nitrogens is 8. The molecule has 0 radical (unpaired) electrons. The standard InChI is InChI=1S/C9H9N5OS.C7H6N4S/c1-6(15)10-7-3-2-4-8(5-7)14-9(16)11-12-13-14;12-7-8-9-10-11(7)6-4-2-1-3-5-6/h2-5H,1H3,(H,10,15)(H,11,13,16);1-5H,(H,8,10,12). The fourth-order valence-corrected chi connectivity index (χ4v) is 2.61. The van der Waals surface area contributed by atoms with Crippen LogP contribution in [0.4, 0.5) is 5.69 Å². The van der Waals surface area contributed by atoms with Crippen LogP contribution in [-0.2, 0) is 4.79 Å². The lowest BCUT2D eigenvalue weighted by Crippen LogP contribution is -2.06. The molecular formula is C16H15N9OS2. The first-order chi connectivity index (χ1) is 13.5. The van der Waals surface area contributed by atoms with Crippen molar-refractivity contribution in [2.75, 3.05) is 5.32 Å².